The molecule has 0 radical (unpaired) electrons. The predicted molar refractivity (Wildman–Crippen MR) is 175 cm³/mol. The highest BCUT2D eigenvalue weighted by Crippen LogP contribution is 2.65. The quantitative estimate of drug-likeness (QED) is 0.0975. The lowest BCUT2D eigenvalue weighted by Crippen LogP contribution is -2.75. The van der Waals surface area contributed by atoms with E-state index in [4.69, 9.17) is 9.47 Å². The van der Waals surface area contributed by atoms with Crippen molar-refractivity contribution < 1.29 is 107 Å². The maximum atomic E-state index is 14.5. The van der Waals surface area contributed by atoms with Crippen LogP contribution in [-0.4, -0.2) is 76.8 Å². The Morgan fingerprint density at radius 2 is 1.00 bits per heavy atom. The first-order valence-corrected chi connectivity index (χ1v) is 17.1. The van der Waals surface area contributed by atoms with Crippen molar-refractivity contribution in [2.24, 2.45) is 0 Å². The minimum absolute atomic E-state index is 0.0653. The number of nitrogens with one attached hydrogen (secondary N) is 1. The number of esters is 1. The second-order valence-electron chi connectivity index (χ2n) is 14.8. The Morgan fingerprint density at radius 1 is 0.597 bits per heavy atom. The van der Waals surface area contributed by atoms with Crippen LogP contribution in [0.15, 0.2) is 65.9 Å². The molecule has 0 bridgehead atoms. The monoisotopic (exact) mass is 935 g/mol. The molecule has 25 heteroatoms. The van der Waals surface area contributed by atoms with Crippen LogP contribution in [0.1, 0.15) is 57.7 Å². The van der Waals surface area contributed by atoms with Crippen LogP contribution in [0.2, 0.25) is 0 Å². The minimum atomic E-state index is -9.00. The number of amides is 1. The predicted octanol–water partition coefficient (Wildman–Crippen LogP) is 12.1. The van der Waals surface area contributed by atoms with E-state index in [2.05, 4.69) is 11.0 Å². The van der Waals surface area contributed by atoms with Crippen molar-refractivity contribution in [1.29, 1.82) is 0 Å². The summed E-state index contributed by atoms with van der Waals surface area (Å²) in [7, 11) is 0. The van der Waals surface area contributed by atoms with E-state index in [9.17, 15) is 97.4 Å². The molecule has 62 heavy (non-hydrogen) atoms. The third-order valence-corrected chi connectivity index (χ3v) is 8.39. The van der Waals surface area contributed by atoms with Crippen molar-refractivity contribution in [3.8, 4) is 0 Å². The van der Waals surface area contributed by atoms with Gasteiger partial charge in [-0.25, -0.2) is 14.0 Å². The van der Waals surface area contributed by atoms with E-state index in [1.807, 2.05) is 0 Å². The summed E-state index contributed by atoms with van der Waals surface area (Å²) in [5.41, 5.74) is -0.265. The van der Waals surface area contributed by atoms with E-state index < -0.39 is 108 Å². The number of hydrogen-bond acceptors (Lipinski definition) is 4. The number of benzene rings is 2. The van der Waals surface area contributed by atoms with Crippen LogP contribution in [0.25, 0.3) is 0 Å². The van der Waals surface area contributed by atoms with Gasteiger partial charge in [-0.3, -0.25) is 0 Å². The molecule has 0 saturated heterocycles. The van der Waals surface area contributed by atoms with E-state index in [0.717, 1.165) is 42.5 Å². The number of alkyl carbamates (subject to hydrolysis) is 1. The van der Waals surface area contributed by atoms with E-state index >= 15 is 0 Å². The first-order chi connectivity index (χ1) is 27.6. The average Bonchev–Trinajstić information content (AvgIpc) is 3.11. The summed E-state index contributed by atoms with van der Waals surface area (Å²) >= 11 is 0. The highest BCUT2D eigenvalue weighted by molar-refractivity contribution is 5.88. The number of halogens is 20. The molecule has 0 fully saturated rings. The molecule has 0 aliphatic carbocycles. The maximum Gasteiger partial charge on any atom is 0.460 e. The molecular formula is C37H33F20NO4. The van der Waals surface area contributed by atoms with Gasteiger partial charge < -0.3 is 14.8 Å². The molecule has 1 N–H and O–H groups in total. The second-order valence-corrected chi connectivity index (χ2v) is 14.8. The molecule has 2 aromatic carbocycles. The van der Waals surface area contributed by atoms with Gasteiger partial charge in [0.1, 0.15) is 18.0 Å². The van der Waals surface area contributed by atoms with Crippen LogP contribution in [0.4, 0.5) is 92.6 Å². The van der Waals surface area contributed by atoms with Crippen molar-refractivity contribution in [3.05, 3.63) is 88.4 Å². The summed E-state index contributed by atoms with van der Waals surface area (Å²) in [4.78, 5) is 26.6. The molecule has 1 unspecified atom stereocenters. The first-order valence-electron chi connectivity index (χ1n) is 17.1. The van der Waals surface area contributed by atoms with Gasteiger partial charge in [-0.15, -0.1) is 5.73 Å². The standard InChI is InChI=1S/C37H33F20NO4/c1-20(2)14-16-28(25(59)62-27(3,4)5,18-22-10-12-24(38)13-11-22)58-26(60)61-19-23-8-6-21(7-9-23)15-17-29(39,40)30(41,42)31(43,44)32(45,46)33(47,48)34(49,50)35(51,52)36(53,54)37(55,56)57/h6-13,16H,15,17-19H2,1-5H3,(H,58,60). The lowest BCUT2D eigenvalue weighted by Gasteiger charge is -2.43. The van der Waals surface area contributed by atoms with Gasteiger partial charge >= 0.3 is 65.6 Å². The maximum absolute atomic E-state index is 14.5. The fraction of sp³-hybridized carbons (Fsp3) is 0.541. The molecule has 2 aromatic rings. The fourth-order valence-electron chi connectivity index (χ4n) is 4.90. The molecule has 2 rings (SSSR count). The van der Waals surface area contributed by atoms with Gasteiger partial charge in [0.25, 0.3) is 0 Å². The Labute approximate surface area is 338 Å². The highest BCUT2D eigenvalue weighted by atomic mass is 19.4. The molecule has 1 amide bonds. The zero-order valence-corrected chi connectivity index (χ0v) is 32.2. The van der Waals surface area contributed by atoms with E-state index in [0.29, 0.717) is 11.1 Å². The fourth-order valence-corrected chi connectivity index (χ4v) is 4.90. The van der Waals surface area contributed by atoms with Crippen LogP contribution in [0.3, 0.4) is 0 Å². The number of carbonyl (C=O) groups is 2. The number of alkyl halides is 19. The van der Waals surface area contributed by atoms with Crippen molar-refractivity contribution in [3.63, 3.8) is 0 Å². The zero-order valence-electron chi connectivity index (χ0n) is 32.2. The summed E-state index contributed by atoms with van der Waals surface area (Å²) in [6, 6.07) is 7.99. The van der Waals surface area contributed by atoms with Crippen LogP contribution >= 0.6 is 0 Å². The van der Waals surface area contributed by atoms with Crippen molar-refractivity contribution in [2.75, 3.05) is 0 Å². The number of carbonyl (C=O) groups excluding carboxylic acids is 2. The summed E-state index contributed by atoms with van der Waals surface area (Å²) in [6.07, 6.45) is -12.8. The van der Waals surface area contributed by atoms with E-state index in [1.165, 1.54) is 32.9 Å². The van der Waals surface area contributed by atoms with Gasteiger partial charge in [0.2, 0.25) is 0 Å². The third kappa shape index (κ3) is 10.4. The van der Waals surface area contributed by atoms with Gasteiger partial charge in [0.15, 0.2) is 5.54 Å². The smallest absolute Gasteiger partial charge is 0.458 e. The number of hydrogen-bond donors (Lipinski definition) is 1. The molecule has 0 saturated carbocycles. The summed E-state index contributed by atoms with van der Waals surface area (Å²) < 4.78 is 284. The molecule has 1 atom stereocenters. The molecule has 0 heterocycles. The van der Waals surface area contributed by atoms with Gasteiger partial charge in [-0.05, 0) is 81.5 Å². The normalized spacial score (nSPS) is 15.0. The molecular weight excluding hydrogens is 902 g/mol. The molecule has 0 aromatic heterocycles. The number of rotatable bonds is 17. The van der Waals surface area contributed by atoms with Gasteiger partial charge in [-0.1, -0.05) is 36.4 Å². The molecule has 5 nitrogen and oxygen atoms in total. The second kappa shape index (κ2) is 17.5. The van der Waals surface area contributed by atoms with E-state index in [-0.39, 0.29) is 12.0 Å². The largest absolute Gasteiger partial charge is 0.460 e. The zero-order chi connectivity index (χ0) is 48.6. The SMILES string of the molecule is CC(C)=C=CC(Cc1ccc(F)cc1)(NC(=O)OCc1ccc(CCC(F)(F)C(F)(F)C(F)(F)C(F)(F)C(F)(F)C(F)(F)C(F)(F)C(F)(F)C(F)(F)F)cc1)C(=O)OC(C)(C)C. The molecule has 0 aliphatic heterocycles. The number of ether oxygens (including phenoxy) is 2. The lowest BCUT2D eigenvalue weighted by molar-refractivity contribution is -0.468. The molecule has 0 aliphatic rings. The van der Waals surface area contributed by atoms with Crippen LogP contribution in [0, 0.1) is 5.82 Å². The Bertz CT molecular complexity index is 1960. The minimum Gasteiger partial charge on any atom is -0.458 e. The van der Waals surface area contributed by atoms with Crippen molar-refractivity contribution in [1.82, 2.24) is 5.32 Å². The van der Waals surface area contributed by atoms with E-state index in [1.54, 1.807) is 13.8 Å². The lowest BCUT2D eigenvalue weighted by atomic mass is 9.86. The van der Waals surface area contributed by atoms with Gasteiger partial charge in [0, 0.05) is 12.8 Å². The summed E-state index contributed by atoms with van der Waals surface area (Å²) in [6.45, 7) is 6.93. The number of aryl methyl sites for hydroxylation is 1. The highest BCUT2D eigenvalue weighted by Gasteiger charge is 2.96. The van der Waals surface area contributed by atoms with Gasteiger partial charge in [-0.2, -0.15) is 83.4 Å². The topological polar surface area (TPSA) is 64.6 Å². The Kier molecular flexibility index (Phi) is 15.0. The Morgan fingerprint density at radius 3 is 1.42 bits per heavy atom. The summed E-state index contributed by atoms with van der Waals surface area (Å²) in [5.74, 6) is -68.9. The van der Waals surface area contributed by atoms with Crippen molar-refractivity contribution >= 4 is 12.1 Å². The van der Waals surface area contributed by atoms with Crippen LogP contribution in [-0.2, 0) is 33.7 Å². The van der Waals surface area contributed by atoms with Crippen molar-refractivity contribution in [2.45, 2.75) is 125 Å². The molecule has 350 valence electrons. The van der Waals surface area contributed by atoms with Crippen LogP contribution in [0.5, 0.6) is 0 Å². The average molecular weight is 936 g/mol. The van der Waals surface area contributed by atoms with Gasteiger partial charge in [0.05, 0.1) is 0 Å². The summed E-state index contributed by atoms with van der Waals surface area (Å²) in [5, 5.41) is 2.33. The Balaban J connectivity index is 2.32. The first kappa shape index (κ1) is 53.4. The third-order valence-electron chi connectivity index (χ3n) is 8.39. The van der Waals surface area contributed by atoms with Crippen LogP contribution < -0.4 is 5.32 Å². The molecule has 0 spiro atoms. The Hall–Kier alpha value is -4.70.